The number of furan rings is 2. The van der Waals surface area contributed by atoms with Gasteiger partial charge in [-0.25, -0.2) is 14.8 Å². The number of likely N-dealkylation sites (tertiary alicyclic amines) is 1. The van der Waals surface area contributed by atoms with Crippen LogP contribution in [-0.4, -0.2) is 90.3 Å². The first-order chi connectivity index (χ1) is 37.1. The number of halogens is 2. The van der Waals surface area contributed by atoms with Crippen molar-refractivity contribution in [3.63, 3.8) is 0 Å². The fourth-order valence-corrected chi connectivity index (χ4v) is 9.19. The number of nitrogen functional groups attached to an aromatic ring is 2. The Labute approximate surface area is 463 Å². The zero-order valence-corrected chi connectivity index (χ0v) is 44.4. The van der Waals surface area contributed by atoms with E-state index >= 15 is 0 Å². The third kappa shape index (κ3) is 16.0. The van der Waals surface area contributed by atoms with Crippen molar-refractivity contribution in [1.29, 1.82) is 0 Å². The molecule has 6 N–H and O–H groups in total. The van der Waals surface area contributed by atoms with Crippen molar-refractivity contribution < 1.29 is 33.1 Å². The minimum Gasteiger partial charge on any atom is -0.478 e. The van der Waals surface area contributed by atoms with Crippen molar-refractivity contribution >= 4 is 92.4 Å². The lowest BCUT2D eigenvalue weighted by atomic mass is 10.0. The third-order valence-electron chi connectivity index (χ3n) is 13.1. The van der Waals surface area contributed by atoms with Crippen LogP contribution >= 0.6 is 23.2 Å². The van der Waals surface area contributed by atoms with Crippen molar-refractivity contribution in [2.24, 2.45) is 0 Å². The van der Waals surface area contributed by atoms with Gasteiger partial charge in [0, 0.05) is 96.2 Å². The molecule has 2 saturated heterocycles. The maximum Gasteiger partial charge on any atom is 0.337 e. The number of nitrogens with two attached hydrogens (primary N) is 2. The summed E-state index contributed by atoms with van der Waals surface area (Å²) in [6.07, 6.45) is 18.3. The molecular formula is C61H64Cl2N8O7. The Hall–Kier alpha value is -7.98. The van der Waals surface area contributed by atoms with Crippen LogP contribution in [0.15, 0.2) is 131 Å². The number of anilines is 2. The topological polar surface area (TPSA) is 234 Å². The molecule has 2 aliphatic rings. The minimum atomic E-state index is -1.01. The molecule has 0 saturated carbocycles. The quantitative estimate of drug-likeness (QED) is 0.0586. The van der Waals surface area contributed by atoms with Gasteiger partial charge in [0.2, 0.25) is 0 Å². The highest BCUT2D eigenvalue weighted by atomic mass is 35.5. The first-order valence-electron chi connectivity index (χ1n) is 25.5. The Balaban J connectivity index is 0.000000200. The lowest BCUT2D eigenvalue weighted by Crippen LogP contribution is -2.38. The number of nitrogens with zero attached hydrogens (tertiary/aromatic N) is 5. The van der Waals surface area contributed by atoms with Crippen LogP contribution in [0.1, 0.15) is 100 Å². The van der Waals surface area contributed by atoms with E-state index in [9.17, 15) is 19.2 Å². The molecule has 404 valence electrons. The second kappa shape index (κ2) is 27.4. The number of piperidine rings is 2. The molecule has 2 fully saturated rings. The van der Waals surface area contributed by atoms with E-state index < -0.39 is 5.97 Å². The van der Waals surface area contributed by atoms with Gasteiger partial charge in [-0.15, -0.1) is 23.2 Å². The van der Waals surface area contributed by atoms with E-state index in [0.29, 0.717) is 67.0 Å². The summed E-state index contributed by atoms with van der Waals surface area (Å²) in [4.78, 5) is 67.1. The van der Waals surface area contributed by atoms with Crippen molar-refractivity contribution in [1.82, 2.24) is 30.2 Å². The smallest absolute Gasteiger partial charge is 0.337 e. The van der Waals surface area contributed by atoms with E-state index in [4.69, 9.17) is 48.6 Å². The molecule has 8 aromatic rings. The van der Waals surface area contributed by atoms with Gasteiger partial charge in [0.05, 0.1) is 22.5 Å². The molecule has 0 spiro atoms. The highest BCUT2D eigenvalue weighted by Gasteiger charge is 2.23. The van der Waals surface area contributed by atoms with Gasteiger partial charge in [-0.1, -0.05) is 7.43 Å². The Bertz CT molecular complexity index is 3400. The lowest BCUT2D eigenvalue weighted by Gasteiger charge is -2.29. The number of allylic oxidation sites excluding steroid dienone is 2. The highest BCUT2D eigenvalue weighted by Crippen LogP contribution is 2.32. The molecule has 2 aromatic carbocycles. The maximum absolute atomic E-state index is 12.8. The standard InChI is InChI=1S/C30H29ClN4O3.C25H21N3O4.C5H10ClN.CH4/c1-19-14-22(27-8-4-21(18-33-27)30(37)35-12-10-24(31)11-13-35)15-23-16-26(38-29(19)23)7-6-25(36)5-2-20-3-9-28(32)34-17-20;1-15-10-18(22-8-4-17(14-27-22)25(30)31)11-19-12-21(32-24(15)19)7-6-20(29)5-2-16-3-9-23(26)28-13-16;6-5-1-3-7-4-2-5;/h2-5,8-9,14-18,24H,6-7,10-13H2,1H3,(H2,32,34);2-5,8-14H,6-7H2,1H3,(H2,26,28)(H,30,31);5,7H,1-4H2;1H4/b2*5-2+;;. The average Bonchev–Trinajstić information content (AvgIpc) is 4.17. The first kappa shape index (κ1) is 57.7. The van der Waals surface area contributed by atoms with Crippen LogP contribution in [0.3, 0.4) is 0 Å². The number of aromatic carboxylic acids is 1. The molecule has 0 unspecified atom stereocenters. The van der Waals surface area contributed by atoms with E-state index in [2.05, 4.69) is 25.3 Å². The molecule has 15 nitrogen and oxygen atoms in total. The molecular weight excluding hydrogens is 1030 g/mol. The van der Waals surface area contributed by atoms with Gasteiger partial charge in [-0.2, -0.15) is 0 Å². The number of rotatable bonds is 14. The van der Waals surface area contributed by atoms with Gasteiger partial charge < -0.3 is 35.6 Å². The summed E-state index contributed by atoms with van der Waals surface area (Å²) < 4.78 is 12.0. The van der Waals surface area contributed by atoms with E-state index in [-0.39, 0.29) is 35.8 Å². The van der Waals surface area contributed by atoms with E-state index in [1.54, 1.807) is 61.1 Å². The number of nitrogens with one attached hydrogen (secondary N) is 1. The van der Waals surface area contributed by atoms with Gasteiger partial charge in [0.15, 0.2) is 11.6 Å². The molecule has 78 heavy (non-hydrogen) atoms. The Morgan fingerprint density at radius 2 is 1.09 bits per heavy atom. The first-order valence-corrected chi connectivity index (χ1v) is 26.4. The fraction of sp³-hybridized carbons (Fsp3) is 0.279. The minimum absolute atomic E-state index is 0. The van der Waals surface area contributed by atoms with Gasteiger partial charge in [-0.05, 0) is 184 Å². The second-order valence-electron chi connectivity index (χ2n) is 19.0. The summed E-state index contributed by atoms with van der Waals surface area (Å²) in [6, 6.07) is 25.8. The third-order valence-corrected chi connectivity index (χ3v) is 13.9. The zero-order chi connectivity index (χ0) is 54.4. The van der Waals surface area contributed by atoms with Gasteiger partial charge >= 0.3 is 5.97 Å². The number of aromatic nitrogens is 4. The number of amides is 1. The number of hydrogen-bond acceptors (Lipinski definition) is 13. The molecule has 10 rings (SSSR count). The number of aryl methyl sites for hydroxylation is 4. The summed E-state index contributed by atoms with van der Waals surface area (Å²) >= 11 is 11.9. The molecule has 0 radical (unpaired) electrons. The Morgan fingerprint density at radius 1 is 0.628 bits per heavy atom. The Morgan fingerprint density at radius 3 is 1.49 bits per heavy atom. The number of benzene rings is 2. The van der Waals surface area contributed by atoms with Crippen molar-refractivity contribution in [3.8, 4) is 22.5 Å². The van der Waals surface area contributed by atoms with Crippen molar-refractivity contribution in [2.45, 2.75) is 83.4 Å². The number of carboxylic acids is 1. The summed E-state index contributed by atoms with van der Waals surface area (Å²) in [7, 11) is 0. The Kier molecular flexibility index (Phi) is 20.3. The summed E-state index contributed by atoms with van der Waals surface area (Å²) in [5.41, 5.74) is 20.3. The number of fused-ring (bicyclic) bond motifs is 2. The highest BCUT2D eigenvalue weighted by molar-refractivity contribution is 6.21. The maximum atomic E-state index is 12.8. The molecule has 6 aromatic heterocycles. The van der Waals surface area contributed by atoms with Gasteiger partial charge in [0.1, 0.15) is 34.3 Å². The summed E-state index contributed by atoms with van der Waals surface area (Å²) in [5.74, 6) is 1.34. The molecule has 2 aliphatic heterocycles. The normalized spacial score (nSPS) is 13.9. The van der Waals surface area contributed by atoms with E-state index in [0.717, 1.165) is 111 Å². The summed E-state index contributed by atoms with van der Waals surface area (Å²) in [6.45, 7) is 7.50. The lowest BCUT2D eigenvalue weighted by molar-refractivity contribution is -0.115. The predicted octanol–water partition coefficient (Wildman–Crippen LogP) is 12.1. The number of pyridine rings is 4. The van der Waals surface area contributed by atoms with Crippen LogP contribution in [0.4, 0.5) is 11.6 Å². The molecule has 8 heterocycles. The van der Waals surface area contributed by atoms with E-state index in [1.165, 1.54) is 18.3 Å². The largest absolute Gasteiger partial charge is 0.478 e. The number of hydrogen-bond donors (Lipinski definition) is 4. The van der Waals surface area contributed by atoms with Crippen molar-refractivity contribution in [2.75, 3.05) is 37.6 Å². The zero-order valence-electron chi connectivity index (χ0n) is 42.9. The van der Waals surface area contributed by atoms with Crippen molar-refractivity contribution in [3.05, 3.63) is 167 Å². The fourth-order valence-electron chi connectivity index (χ4n) is 8.78. The SMILES string of the molecule is C.Cc1cc(-c2ccc(C(=O)N3CCC(Cl)CC3)cn2)cc2cc(CCC(=O)/C=C/c3ccc(N)nc3)oc12.Cc1cc(-c2ccc(C(=O)O)cn2)cc2cc(CCC(=O)/C=C/c3ccc(N)nc3)oc12.ClC1CCNCC1. The number of alkyl halides is 2. The van der Waals surface area contributed by atoms with Crippen LogP contribution in [0.25, 0.3) is 56.6 Å². The summed E-state index contributed by atoms with van der Waals surface area (Å²) in [5, 5.41) is 14.7. The van der Waals surface area contributed by atoms with Crippen LogP contribution in [0, 0.1) is 13.8 Å². The second-order valence-corrected chi connectivity index (χ2v) is 20.3. The number of ketones is 2. The molecule has 1 amide bonds. The molecule has 17 heteroatoms. The number of carbonyl (C=O) groups is 4. The molecule has 0 bridgehead atoms. The average molecular weight is 1090 g/mol. The van der Waals surface area contributed by atoms with E-state index in [1.807, 2.05) is 73.3 Å². The van der Waals surface area contributed by atoms with Crippen LogP contribution in [-0.2, 0) is 22.4 Å². The monoisotopic (exact) mass is 1090 g/mol. The van der Waals surface area contributed by atoms with Crippen LogP contribution in [0.5, 0.6) is 0 Å². The number of carbonyl (C=O) groups excluding carboxylic acids is 3. The predicted molar refractivity (Wildman–Crippen MR) is 311 cm³/mol. The van der Waals surface area contributed by atoms with Gasteiger partial charge in [-0.3, -0.25) is 24.4 Å². The molecule has 0 atom stereocenters. The van der Waals surface area contributed by atoms with Crippen LogP contribution < -0.4 is 16.8 Å². The van der Waals surface area contributed by atoms with Gasteiger partial charge in [0.25, 0.3) is 5.91 Å². The number of carboxylic acid groups (broad SMARTS) is 1. The van der Waals surface area contributed by atoms with Crippen LogP contribution in [0.2, 0.25) is 0 Å². The molecule has 0 aliphatic carbocycles.